The van der Waals surface area contributed by atoms with Gasteiger partial charge in [0.05, 0.1) is 16.9 Å². The molecule has 0 atom stereocenters. The summed E-state index contributed by atoms with van der Waals surface area (Å²) in [6, 6.07) is 8.39. The van der Waals surface area contributed by atoms with E-state index < -0.39 is 15.4 Å². The van der Waals surface area contributed by atoms with Crippen LogP contribution < -0.4 is 5.32 Å². The minimum absolute atomic E-state index is 0.0804. The van der Waals surface area contributed by atoms with Gasteiger partial charge < -0.3 is 15.0 Å². The lowest BCUT2D eigenvalue weighted by Gasteiger charge is -2.25. The largest absolute Gasteiger partial charge is 0.386 e. The molecule has 1 amide bonds. The van der Waals surface area contributed by atoms with E-state index in [2.05, 4.69) is 35.0 Å². The zero-order valence-electron chi connectivity index (χ0n) is 22.5. The third kappa shape index (κ3) is 6.23. The Kier molecular flexibility index (Phi) is 7.46. The van der Waals surface area contributed by atoms with E-state index in [1.54, 1.807) is 0 Å². The van der Waals surface area contributed by atoms with E-state index in [4.69, 9.17) is 0 Å². The molecule has 36 heavy (non-hydrogen) atoms. The van der Waals surface area contributed by atoms with Gasteiger partial charge in [0.1, 0.15) is 9.84 Å². The summed E-state index contributed by atoms with van der Waals surface area (Å²) >= 11 is 0. The van der Waals surface area contributed by atoms with Crippen LogP contribution in [0.5, 0.6) is 0 Å². The summed E-state index contributed by atoms with van der Waals surface area (Å²) in [4.78, 5) is 13.1. The number of rotatable bonds is 9. The average Bonchev–Trinajstić information content (AvgIpc) is 3.47. The molecular weight excluding hydrogens is 472 g/mol. The van der Waals surface area contributed by atoms with E-state index in [0.717, 1.165) is 41.9 Å². The van der Waals surface area contributed by atoms with Gasteiger partial charge in [-0.15, -0.1) is 0 Å². The Bertz CT molecular complexity index is 1200. The van der Waals surface area contributed by atoms with E-state index in [-0.39, 0.29) is 23.6 Å². The Labute approximate surface area is 216 Å². The number of aromatic nitrogens is 1. The van der Waals surface area contributed by atoms with Gasteiger partial charge in [-0.3, -0.25) is 4.79 Å². The molecule has 7 heteroatoms. The van der Waals surface area contributed by atoms with Gasteiger partial charge in [-0.05, 0) is 92.7 Å². The van der Waals surface area contributed by atoms with Gasteiger partial charge in [0, 0.05) is 30.7 Å². The van der Waals surface area contributed by atoms with Crippen LogP contribution in [0.1, 0.15) is 92.9 Å². The molecule has 0 spiro atoms. The number of carbonyl (C=O) groups is 1. The molecule has 198 valence electrons. The molecule has 0 radical (unpaired) electrons. The number of hydrogen-bond donors (Lipinski definition) is 2. The molecule has 0 unspecified atom stereocenters. The highest BCUT2D eigenvalue weighted by molar-refractivity contribution is 7.90. The molecule has 4 rings (SSSR count). The first-order valence-electron chi connectivity index (χ1n) is 13.3. The van der Waals surface area contributed by atoms with Crippen molar-refractivity contribution in [1.82, 2.24) is 9.88 Å². The highest BCUT2D eigenvalue weighted by Crippen LogP contribution is 2.49. The van der Waals surface area contributed by atoms with Gasteiger partial charge in [0.25, 0.3) is 5.91 Å². The van der Waals surface area contributed by atoms with Crippen LogP contribution in [0, 0.1) is 12.8 Å². The van der Waals surface area contributed by atoms with E-state index in [9.17, 15) is 18.3 Å². The van der Waals surface area contributed by atoms with Crippen molar-refractivity contribution in [3.63, 3.8) is 0 Å². The van der Waals surface area contributed by atoms with Crippen LogP contribution in [0.2, 0.25) is 0 Å². The number of nitrogens with one attached hydrogen (secondary N) is 1. The second-order valence-corrected chi connectivity index (χ2v) is 14.2. The fourth-order valence-electron chi connectivity index (χ4n) is 5.38. The van der Waals surface area contributed by atoms with Crippen LogP contribution in [-0.2, 0) is 27.4 Å². The monoisotopic (exact) mass is 514 g/mol. The lowest BCUT2D eigenvalue weighted by atomic mass is 9.87. The summed E-state index contributed by atoms with van der Waals surface area (Å²) in [5.74, 6) is 0.249. The predicted molar refractivity (Wildman–Crippen MR) is 145 cm³/mol. The highest BCUT2D eigenvalue weighted by atomic mass is 32.2. The Morgan fingerprint density at radius 3 is 2.39 bits per heavy atom. The zero-order chi connectivity index (χ0) is 26.3. The molecule has 2 fully saturated rings. The maximum Gasteiger partial charge on any atom is 0.253 e. The van der Waals surface area contributed by atoms with Crippen LogP contribution in [0.15, 0.2) is 24.3 Å². The van der Waals surface area contributed by atoms with Crippen molar-refractivity contribution in [2.24, 2.45) is 5.92 Å². The molecule has 1 aromatic heterocycles. The molecule has 2 saturated carbocycles. The van der Waals surface area contributed by atoms with Crippen molar-refractivity contribution < 1.29 is 18.3 Å². The van der Waals surface area contributed by atoms with E-state index in [0.29, 0.717) is 11.5 Å². The Morgan fingerprint density at radius 1 is 1.14 bits per heavy atom. The maximum absolute atomic E-state index is 13.1. The number of benzene rings is 1. The number of sulfone groups is 1. The van der Waals surface area contributed by atoms with Crippen molar-refractivity contribution in [1.29, 1.82) is 0 Å². The van der Waals surface area contributed by atoms with Crippen LogP contribution in [0.4, 0.5) is 0 Å². The molecule has 1 aromatic carbocycles. The van der Waals surface area contributed by atoms with Gasteiger partial charge in [0.2, 0.25) is 0 Å². The Hall–Kier alpha value is -2.12. The van der Waals surface area contributed by atoms with Crippen molar-refractivity contribution in [2.75, 3.05) is 18.6 Å². The van der Waals surface area contributed by atoms with E-state index >= 15 is 0 Å². The van der Waals surface area contributed by atoms with Crippen molar-refractivity contribution in [3.8, 4) is 11.3 Å². The first-order chi connectivity index (χ1) is 16.8. The topological polar surface area (TPSA) is 88.4 Å². The fourth-order valence-corrected chi connectivity index (χ4v) is 5.85. The third-order valence-corrected chi connectivity index (χ3v) is 9.11. The number of hydrogen-bond acceptors (Lipinski definition) is 4. The van der Waals surface area contributed by atoms with Crippen LogP contribution in [-0.4, -0.2) is 42.6 Å². The van der Waals surface area contributed by atoms with E-state index in [1.165, 1.54) is 43.9 Å². The third-order valence-electron chi connectivity index (χ3n) is 8.17. The van der Waals surface area contributed by atoms with Gasteiger partial charge in [-0.25, -0.2) is 8.42 Å². The molecule has 6 nitrogen and oxygen atoms in total. The van der Waals surface area contributed by atoms with Gasteiger partial charge in [-0.1, -0.05) is 32.3 Å². The maximum atomic E-state index is 13.1. The predicted octanol–water partition coefficient (Wildman–Crippen LogP) is 5.10. The van der Waals surface area contributed by atoms with Crippen molar-refractivity contribution >= 4 is 15.7 Å². The summed E-state index contributed by atoms with van der Waals surface area (Å²) < 4.78 is 25.4. The number of amides is 1. The lowest BCUT2D eigenvalue weighted by Crippen LogP contribution is -2.29. The smallest absolute Gasteiger partial charge is 0.253 e. The van der Waals surface area contributed by atoms with Crippen molar-refractivity contribution in [3.05, 3.63) is 46.6 Å². The first kappa shape index (κ1) is 26.9. The molecule has 0 saturated heterocycles. The Balaban J connectivity index is 1.77. The molecule has 2 N–H and O–H groups in total. The van der Waals surface area contributed by atoms with Crippen molar-refractivity contribution in [2.45, 2.75) is 90.2 Å². The van der Waals surface area contributed by atoms with Crippen LogP contribution >= 0.6 is 0 Å². The molecule has 2 aliphatic carbocycles. The fraction of sp³-hybridized carbons (Fsp3) is 0.621. The summed E-state index contributed by atoms with van der Waals surface area (Å²) in [5.41, 5.74) is 4.77. The Morgan fingerprint density at radius 2 is 1.81 bits per heavy atom. The zero-order valence-corrected chi connectivity index (χ0v) is 23.3. The van der Waals surface area contributed by atoms with Crippen LogP contribution in [0.3, 0.4) is 0 Å². The summed E-state index contributed by atoms with van der Waals surface area (Å²) in [6.07, 6.45) is 9.62. The second kappa shape index (κ2) is 9.97. The average molecular weight is 515 g/mol. The summed E-state index contributed by atoms with van der Waals surface area (Å²) in [7, 11) is -3.15. The van der Waals surface area contributed by atoms with Gasteiger partial charge >= 0.3 is 0 Å². The molecule has 2 aliphatic rings. The highest BCUT2D eigenvalue weighted by Gasteiger charge is 2.40. The first-order valence-corrected chi connectivity index (χ1v) is 15.4. The molecule has 0 aliphatic heterocycles. The molecule has 1 heterocycles. The quantitative estimate of drug-likeness (QED) is 0.487. The molecule has 2 aromatic rings. The number of carbonyl (C=O) groups excluding carboxylic acids is 1. The number of aliphatic hydroxyl groups is 1. The lowest BCUT2D eigenvalue weighted by molar-refractivity contribution is 0.0785. The van der Waals surface area contributed by atoms with E-state index in [1.807, 2.05) is 26.8 Å². The summed E-state index contributed by atoms with van der Waals surface area (Å²) in [6.45, 7) is 8.85. The minimum atomic E-state index is -3.15. The normalized spacial score (nSPS) is 18.3. The second-order valence-electron chi connectivity index (χ2n) is 11.9. The van der Waals surface area contributed by atoms with Gasteiger partial charge in [0.15, 0.2) is 0 Å². The standard InChI is InChI=1S/C29H42N2O4S/c1-20-25(27(32)30-13-14-36(5,34)35)18-26(31(20)19-21-9-7-6-8-10-21)22-15-23(28(2,3)33)17-24(16-22)29(4)11-12-29/h15-18,21,33H,6-14,19H2,1-5H3,(H,30,32). The SMILES string of the molecule is Cc1c(C(=O)NCCS(C)(=O)=O)cc(-c2cc(C(C)(C)O)cc(C3(C)CC3)c2)n1CC1CCCCC1. The summed E-state index contributed by atoms with van der Waals surface area (Å²) in [5, 5.41) is 13.7. The van der Waals surface area contributed by atoms with Gasteiger partial charge in [-0.2, -0.15) is 0 Å². The van der Waals surface area contributed by atoms with Crippen LogP contribution in [0.25, 0.3) is 11.3 Å². The minimum Gasteiger partial charge on any atom is -0.386 e. The molecule has 0 bridgehead atoms. The molecular formula is C29H42N2O4S. The number of nitrogens with zero attached hydrogens (tertiary/aromatic N) is 1.